The highest BCUT2D eigenvalue weighted by Crippen LogP contribution is 2.35. The monoisotopic (exact) mass is 308 g/mol. The standard InChI is InChI=1S/C17H25ClN2O/c1-6-20(7-2)17(3,4)16(19-5)14-11-12-9-8-10-13(18)15(12)21-14/h8-11,16,19H,6-7H2,1-5H3. The van der Waals surface area contributed by atoms with Gasteiger partial charge in [-0.1, -0.05) is 37.6 Å². The zero-order chi connectivity index (χ0) is 15.6. The zero-order valence-corrected chi connectivity index (χ0v) is 14.3. The number of fused-ring (bicyclic) bond motifs is 1. The van der Waals surface area contributed by atoms with E-state index in [1.807, 2.05) is 25.2 Å². The Balaban J connectivity index is 2.46. The summed E-state index contributed by atoms with van der Waals surface area (Å²) in [4.78, 5) is 2.43. The molecule has 0 aliphatic carbocycles. The van der Waals surface area contributed by atoms with Crippen LogP contribution in [-0.4, -0.2) is 30.6 Å². The van der Waals surface area contributed by atoms with Gasteiger partial charge in [0.25, 0.3) is 0 Å². The van der Waals surface area contributed by atoms with E-state index in [1.54, 1.807) is 0 Å². The maximum absolute atomic E-state index is 6.23. The van der Waals surface area contributed by atoms with E-state index in [-0.39, 0.29) is 11.6 Å². The van der Waals surface area contributed by atoms with Crippen molar-refractivity contribution in [2.24, 2.45) is 0 Å². The van der Waals surface area contributed by atoms with E-state index in [0.29, 0.717) is 5.02 Å². The number of nitrogens with one attached hydrogen (secondary N) is 1. The van der Waals surface area contributed by atoms with Crippen LogP contribution in [0.2, 0.25) is 5.02 Å². The van der Waals surface area contributed by atoms with Gasteiger partial charge in [0, 0.05) is 10.9 Å². The molecule has 116 valence electrons. The number of halogens is 1. The van der Waals surface area contributed by atoms with Gasteiger partial charge >= 0.3 is 0 Å². The van der Waals surface area contributed by atoms with Gasteiger partial charge < -0.3 is 9.73 Å². The molecule has 0 bridgehead atoms. The van der Waals surface area contributed by atoms with E-state index in [2.05, 4.69) is 44.0 Å². The van der Waals surface area contributed by atoms with Crippen molar-refractivity contribution in [1.82, 2.24) is 10.2 Å². The Morgan fingerprint density at radius 2 is 1.95 bits per heavy atom. The van der Waals surface area contributed by atoms with Crippen molar-refractivity contribution in [3.8, 4) is 0 Å². The SMILES string of the molecule is CCN(CC)C(C)(C)C(NC)c1cc2cccc(Cl)c2o1. The molecule has 0 saturated carbocycles. The van der Waals surface area contributed by atoms with Crippen LogP contribution in [0.25, 0.3) is 11.0 Å². The van der Waals surface area contributed by atoms with Gasteiger partial charge in [-0.15, -0.1) is 0 Å². The Morgan fingerprint density at radius 1 is 1.29 bits per heavy atom. The van der Waals surface area contributed by atoms with Crippen LogP contribution in [-0.2, 0) is 0 Å². The number of hydrogen-bond donors (Lipinski definition) is 1. The minimum Gasteiger partial charge on any atom is -0.458 e. The Labute approximate surface area is 132 Å². The molecule has 0 saturated heterocycles. The van der Waals surface area contributed by atoms with Crippen LogP contribution in [0.3, 0.4) is 0 Å². The van der Waals surface area contributed by atoms with Gasteiger partial charge in [-0.25, -0.2) is 0 Å². The molecule has 1 N–H and O–H groups in total. The second-order valence-corrected chi connectivity index (χ2v) is 6.26. The molecule has 0 fully saturated rings. The molecule has 4 heteroatoms. The first-order chi connectivity index (χ1) is 9.95. The largest absolute Gasteiger partial charge is 0.458 e. The predicted octanol–water partition coefficient (Wildman–Crippen LogP) is 4.47. The van der Waals surface area contributed by atoms with E-state index in [9.17, 15) is 0 Å². The summed E-state index contributed by atoms with van der Waals surface area (Å²) in [6.45, 7) is 10.9. The summed E-state index contributed by atoms with van der Waals surface area (Å²) in [5.74, 6) is 0.928. The lowest BCUT2D eigenvalue weighted by atomic mass is 9.90. The van der Waals surface area contributed by atoms with Gasteiger partial charge in [0.2, 0.25) is 0 Å². The minimum absolute atomic E-state index is 0.0569. The van der Waals surface area contributed by atoms with Crippen LogP contribution in [0.4, 0.5) is 0 Å². The third-order valence-electron chi connectivity index (χ3n) is 4.37. The lowest BCUT2D eigenvalue weighted by Crippen LogP contribution is -2.51. The van der Waals surface area contributed by atoms with Gasteiger partial charge in [-0.2, -0.15) is 0 Å². The van der Waals surface area contributed by atoms with Crippen molar-refractivity contribution < 1.29 is 4.42 Å². The first kappa shape index (κ1) is 16.3. The summed E-state index contributed by atoms with van der Waals surface area (Å²) in [6, 6.07) is 8.04. The summed E-state index contributed by atoms with van der Waals surface area (Å²) in [7, 11) is 1.98. The van der Waals surface area contributed by atoms with Crippen LogP contribution in [0, 0.1) is 0 Å². The molecule has 2 rings (SSSR count). The fourth-order valence-electron chi connectivity index (χ4n) is 3.25. The molecule has 0 radical (unpaired) electrons. The van der Waals surface area contributed by atoms with Crippen molar-refractivity contribution in [3.05, 3.63) is 35.0 Å². The predicted molar refractivity (Wildman–Crippen MR) is 90.0 cm³/mol. The molecule has 0 spiro atoms. The van der Waals surface area contributed by atoms with Gasteiger partial charge in [0.05, 0.1) is 11.1 Å². The molecular weight excluding hydrogens is 284 g/mol. The molecule has 2 aromatic rings. The topological polar surface area (TPSA) is 28.4 Å². The molecule has 3 nitrogen and oxygen atoms in total. The Kier molecular flexibility index (Phi) is 4.97. The van der Waals surface area contributed by atoms with Crippen molar-refractivity contribution in [2.45, 2.75) is 39.3 Å². The minimum atomic E-state index is -0.0569. The smallest absolute Gasteiger partial charge is 0.152 e. The van der Waals surface area contributed by atoms with Crippen molar-refractivity contribution >= 4 is 22.6 Å². The summed E-state index contributed by atoms with van der Waals surface area (Å²) in [5.41, 5.74) is 0.711. The lowest BCUT2D eigenvalue weighted by molar-refractivity contribution is 0.0861. The summed E-state index contributed by atoms with van der Waals surface area (Å²) >= 11 is 6.23. The van der Waals surface area contributed by atoms with Crippen LogP contribution >= 0.6 is 11.6 Å². The Bertz CT molecular complexity index is 602. The van der Waals surface area contributed by atoms with Crippen molar-refractivity contribution in [2.75, 3.05) is 20.1 Å². The summed E-state index contributed by atoms with van der Waals surface area (Å²) in [6.07, 6.45) is 0. The highest BCUT2D eigenvalue weighted by Gasteiger charge is 2.36. The third-order valence-corrected chi connectivity index (χ3v) is 4.67. The van der Waals surface area contributed by atoms with Crippen LogP contribution in [0.15, 0.2) is 28.7 Å². The number of furan rings is 1. The average molecular weight is 309 g/mol. The first-order valence-electron chi connectivity index (χ1n) is 7.55. The quantitative estimate of drug-likeness (QED) is 0.853. The number of hydrogen-bond acceptors (Lipinski definition) is 3. The average Bonchev–Trinajstić information content (AvgIpc) is 2.85. The number of likely N-dealkylation sites (N-methyl/N-ethyl adjacent to an activating group) is 2. The Morgan fingerprint density at radius 3 is 2.48 bits per heavy atom. The number of rotatable bonds is 6. The van der Waals surface area contributed by atoms with Crippen LogP contribution < -0.4 is 5.32 Å². The maximum atomic E-state index is 6.23. The fraction of sp³-hybridized carbons (Fsp3) is 0.529. The van der Waals surface area contributed by atoms with Crippen molar-refractivity contribution in [3.63, 3.8) is 0 Å². The normalized spacial score (nSPS) is 14.0. The van der Waals surface area contributed by atoms with E-state index in [1.165, 1.54) is 0 Å². The molecule has 1 aromatic carbocycles. The molecular formula is C17H25ClN2O. The molecule has 21 heavy (non-hydrogen) atoms. The number of benzene rings is 1. The van der Waals surface area contributed by atoms with E-state index < -0.39 is 0 Å². The number of nitrogens with zero attached hydrogens (tertiary/aromatic N) is 1. The molecule has 1 unspecified atom stereocenters. The van der Waals surface area contributed by atoms with Crippen molar-refractivity contribution in [1.29, 1.82) is 0 Å². The zero-order valence-electron chi connectivity index (χ0n) is 13.5. The maximum Gasteiger partial charge on any atom is 0.152 e. The summed E-state index contributed by atoms with van der Waals surface area (Å²) < 4.78 is 6.06. The highest BCUT2D eigenvalue weighted by atomic mass is 35.5. The Hall–Kier alpha value is -1.03. The first-order valence-corrected chi connectivity index (χ1v) is 7.93. The molecule has 1 aromatic heterocycles. The van der Waals surface area contributed by atoms with Gasteiger partial charge in [0.15, 0.2) is 5.58 Å². The molecule has 1 heterocycles. The second-order valence-electron chi connectivity index (χ2n) is 5.85. The molecule has 1 atom stereocenters. The summed E-state index contributed by atoms with van der Waals surface area (Å²) in [5, 5.41) is 5.12. The van der Waals surface area contributed by atoms with Gasteiger partial charge in [0.1, 0.15) is 5.76 Å². The van der Waals surface area contributed by atoms with Crippen LogP contribution in [0.1, 0.15) is 39.5 Å². The third kappa shape index (κ3) is 2.96. The van der Waals surface area contributed by atoms with Gasteiger partial charge in [-0.3, -0.25) is 4.90 Å². The van der Waals surface area contributed by atoms with E-state index >= 15 is 0 Å². The van der Waals surface area contributed by atoms with Crippen LogP contribution in [0.5, 0.6) is 0 Å². The number of para-hydroxylation sites is 1. The second kappa shape index (κ2) is 6.39. The highest BCUT2D eigenvalue weighted by molar-refractivity contribution is 6.34. The van der Waals surface area contributed by atoms with E-state index in [4.69, 9.17) is 16.0 Å². The molecule has 0 aliphatic heterocycles. The molecule has 0 aliphatic rings. The van der Waals surface area contributed by atoms with E-state index in [0.717, 1.165) is 29.8 Å². The fourth-order valence-corrected chi connectivity index (χ4v) is 3.47. The lowest BCUT2D eigenvalue weighted by Gasteiger charge is -2.42. The van der Waals surface area contributed by atoms with Gasteiger partial charge in [-0.05, 0) is 46.1 Å². The molecule has 0 amide bonds.